The lowest BCUT2D eigenvalue weighted by atomic mass is 9.41. The minimum absolute atomic E-state index is 0.0531. The van der Waals surface area contributed by atoms with Gasteiger partial charge in [-0.1, -0.05) is 57.9 Å². The Hall–Kier alpha value is -0.930. The number of allylic oxidation sites excluding steroid dienone is 3. The smallest absolute Gasteiger partial charge is 0.158 e. The number of hydrogen-bond donors (Lipinski definition) is 1. The van der Waals surface area contributed by atoms with E-state index in [1.54, 1.807) is 5.57 Å². The van der Waals surface area contributed by atoms with E-state index in [9.17, 15) is 9.90 Å². The number of carbonyl (C=O) groups excluding carboxylic acids is 1. The molecule has 5 rings (SSSR count). The summed E-state index contributed by atoms with van der Waals surface area (Å²) in [6.45, 7) is 16.2. The Morgan fingerprint density at radius 3 is 2.52 bits per heavy atom. The van der Waals surface area contributed by atoms with Gasteiger partial charge in [-0.05, 0) is 92.8 Å². The molecule has 3 nitrogen and oxygen atoms in total. The quantitative estimate of drug-likeness (QED) is 0.464. The van der Waals surface area contributed by atoms with Crippen LogP contribution >= 0.6 is 0 Å². The Morgan fingerprint density at radius 1 is 1.09 bits per heavy atom. The fraction of sp³-hybridized carbons (Fsp3) is 0.833. The molecular formula is C30H46O3. The molecule has 4 fully saturated rings. The predicted octanol–water partition coefficient (Wildman–Crippen LogP) is 6.85. The average Bonchev–Trinajstić information content (AvgIpc) is 3.20. The number of aliphatic hydroxyl groups is 1. The van der Waals surface area contributed by atoms with E-state index >= 15 is 0 Å². The van der Waals surface area contributed by atoms with Crippen molar-refractivity contribution in [3.63, 3.8) is 0 Å². The molecule has 1 N–H and O–H groups in total. The molecular weight excluding hydrogens is 408 g/mol. The number of ketones is 1. The molecule has 0 bridgehead atoms. The van der Waals surface area contributed by atoms with Crippen molar-refractivity contribution in [2.24, 2.45) is 45.3 Å². The van der Waals surface area contributed by atoms with Crippen LogP contribution in [0.2, 0.25) is 0 Å². The zero-order chi connectivity index (χ0) is 24.0. The third-order valence-electron chi connectivity index (χ3n) is 11.9. The second-order valence-corrected chi connectivity index (χ2v) is 13.8. The summed E-state index contributed by atoms with van der Waals surface area (Å²) in [7, 11) is 0. The van der Waals surface area contributed by atoms with Crippen LogP contribution in [-0.2, 0) is 9.53 Å². The van der Waals surface area contributed by atoms with Crippen molar-refractivity contribution in [3.05, 3.63) is 23.3 Å². The molecule has 0 spiro atoms. The lowest BCUT2D eigenvalue weighted by Gasteiger charge is -2.63. The van der Waals surface area contributed by atoms with Gasteiger partial charge >= 0.3 is 0 Å². The minimum Gasteiger partial charge on any atom is -0.368 e. The van der Waals surface area contributed by atoms with Crippen LogP contribution in [0.25, 0.3) is 0 Å². The highest BCUT2D eigenvalue weighted by atomic mass is 16.6. The topological polar surface area (TPSA) is 46.5 Å². The van der Waals surface area contributed by atoms with Crippen molar-refractivity contribution in [1.82, 2.24) is 0 Å². The molecule has 33 heavy (non-hydrogen) atoms. The maximum absolute atomic E-state index is 12.8. The lowest BCUT2D eigenvalue weighted by molar-refractivity contribution is -0.147. The molecule has 1 aliphatic heterocycles. The first-order valence-electron chi connectivity index (χ1n) is 13.6. The van der Waals surface area contributed by atoms with Crippen LogP contribution in [0.15, 0.2) is 23.3 Å². The Labute approximate surface area is 201 Å². The zero-order valence-corrected chi connectivity index (χ0v) is 22.0. The summed E-state index contributed by atoms with van der Waals surface area (Å²) in [5.74, 6) is 2.26. The number of rotatable bonds is 2. The molecule has 0 aromatic carbocycles. The molecule has 184 valence electrons. The molecule has 4 aliphatic carbocycles. The predicted molar refractivity (Wildman–Crippen MR) is 132 cm³/mol. The van der Waals surface area contributed by atoms with Crippen molar-refractivity contribution in [3.8, 4) is 0 Å². The molecule has 1 heterocycles. The molecule has 5 aliphatic rings. The Bertz CT molecular complexity index is 894. The highest BCUT2D eigenvalue weighted by Gasteiger charge is 2.66. The molecule has 0 aromatic rings. The second-order valence-electron chi connectivity index (χ2n) is 13.8. The van der Waals surface area contributed by atoms with E-state index < -0.39 is 6.29 Å². The van der Waals surface area contributed by atoms with Gasteiger partial charge in [0, 0.05) is 17.8 Å². The van der Waals surface area contributed by atoms with Crippen molar-refractivity contribution < 1.29 is 14.6 Å². The molecule has 0 amide bonds. The van der Waals surface area contributed by atoms with Crippen LogP contribution in [0.4, 0.5) is 0 Å². The largest absolute Gasteiger partial charge is 0.368 e. The maximum atomic E-state index is 12.8. The third-order valence-corrected chi connectivity index (χ3v) is 11.9. The molecule has 0 radical (unpaired) electrons. The van der Waals surface area contributed by atoms with Crippen molar-refractivity contribution in [2.75, 3.05) is 0 Å². The van der Waals surface area contributed by atoms with Crippen LogP contribution in [0.3, 0.4) is 0 Å². The number of fused-ring (bicyclic) bond motifs is 5. The van der Waals surface area contributed by atoms with Crippen LogP contribution in [0.5, 0.6) is 0 Å². The van der Waals surface area contributed by atoms with Gasteiger partial charge in [-0.3, -0.25) is 4.79 Å². The summed E-state index contributed by atoms with van der Waals surface area (Å²) in [6, 6.07) is 0. The summed E-state index contributed by atoms with van der Waals surface area (Å²) in [6.07, 6.45) is 12.8. The fourth-order valence-corrected chi connectivity index (χ4v) is 9.80. The number of carbonyl (C=O) groups is 1. The fourth-order valence-electron chi connectivity index (χ4n) is 9.80. The van der Waals surface area contributed by atoms with E-state index in [-0.39, 0.29) is 33.7 Å². The van der Waals surface area contributed by atoms with E-state index in [1.165, 1.54) is 31.3 Å². The number of ether oxygens (including phenoxy) is 1. The monoisotopic (exact) mass is 454 g/mol. The van der Waals surface area contributed by atoms with Crippen LogP contribution in [-0.4, -0.2) is 23.3 Å². The number of hydrogen-bond acceptors (Lipinski definition) is 3. The first kappa shape index (κ1) is 23.8. The van der Waals surface area contributed by atoms with Crippen molar-refractivity contribution in [1.29, 1.82) is 0 Å². The summed E-state index contributed by atoms with van der Waals surface area (Å²) in [4.78, 5) is 12.8. The summed E-state index contributed by atoms with van der Waals surface area (Å²) in [5.41, 5.74) is 3.38. The van der Waals surface area contributed by atoms with Crippen molar-refractivity contribution >= 4 is 5.78 Å². The summed E-state index contributed by atoms with van der Waals surface area (Å²) in [5, 5.41) is 10.9. The Balaban J connectivity index is 1.47. The van der Waals surface area contributed by atoms with Crippen LogP contribution < -0.4 is 0 Å². The van der Waals surface area contributed by atoms with Gasteiger partial charge in [0.1, 0.15) is 5.78 Å². The standard InChI is InChI=1S/C30H46O3/c1-18(2)16-19-17-20(26(32)33-19)21-10-14-30(7)23-8-9-24-27(3,4)25(31)12-13-28(24,5)22(23)11-15-29(21,30)6/h8,16,19-22,24,26,32H,9-15,17H2,1-7H3/t19-,20+,21+,22+,24+,26-,28-,29+,30-/m1/s1. The molecule has 3 saturated carbocycles. The minimum atomic E-state index is -0.639. The maximum Gasteiger partial charge on any atom is 0.158 e. The van der Waals surface area contributed by atoms with Gasteiger partial charge < -0.3 is 9.84 Å². The molecule has 3 heteroatoms. The van der Waals surface area contributed by atoms with Gasteiger partial charge in [-0.25, -0.2) is 0 Å². The molecule has 0 aromatic heterocycles. The van der Waals surface area contributed by atoms with Crippen LogP contribution in [0.1, 0.15) is 99.8 Å². The molecule has 9 atom stereocenters. The van der Waals surface area contributed by atoms with E-state index in [0.717, 1.165) is 25.7 Å². The normalized spacial score (nSPS) is 50.8. The van der Waals surface area contributed by atoms with E-state index in [4.69, 9.17) is 4.74 Å². The van der Waals surface area contributed by atoms with Crippen LogP contribution in [0, 0.1) is 45.3 Å². The summed E-state index contributed by atoms with van der Waals surface area (Å²) < 4.78 is 6.01. The second kappa shape index (κ2) is 7.53. The number of Topliss-reactive ketones (excluding diaryl/α,β-unsaturated/α-hetero) is 1. The van der Waals surface area contributed by atoms with Gasteiger partial charge in [0.05, 0.1) is 6.10 Å². The highest BCUT2D eigenvalue weighted by Crippen LogP contribution is 2.73. The first-order valence-corrected chi connectivity index (χ1v) is 13.6. The summed E-state index contributed by atoms with van der Waals surface area (Å²) >= 11 is 0. The Morgan fingerprint density at radius 2 is 1.82 bits per heavy atom. The SMILES string of the molecule is CC(C)=C[C@@H]1C[C@@H]([C@@H]2CC[C@]3(C)C4=CC[C@H]5C(C)(C)C(=O)CC[C@]5(C)[C@H]4CC[C@@]23C)[C@H](O)O1. The number of aliphatic hydroxyl groups excluding tert-OH is 1. The first-order chi connectivity index (χ1) is 15.3. The van der Waals surface area contributed by atoms with E-state index in [1.807, 2.05) is 0 Å². The van der Waals surface area contributed by atoms with Gasteiger partial charge in [0.15, 0.2) is 6.29 Å². The zero-order valence-electron chi connectivity index (χ0n) is 22.0. The average molecular weight is 455 g/mol. The van der Waals surface area contributed by atoms with Gasteiger partial charge in [0.2, 0.25) is 0 Å². The Kier molecular flexibility index (Phi) is 5.43. The van der Waals surface area contributed by atoms with Gasteiger partial charge in [-0.15, -0.1) is 0 Å². The molecule has 0 unspecified atom stereocenters. The lowest BCUT2D eigenvalue weighted by Crippen LogP contribution is -2.57. The third kappa shape index (κ3) is 3.17. The van der Waals surface area contributed by atoms with E-state index in [2.05, 4.69) is 60.6 Å². The van der Waals surface area contributed by atoms with Crippen molar-refractivity contribution in [2.45, 2.75) is 112 Å². The van der Waals surface area contributed by atoms with Gasteiger partial charge in [-0.2, -0.15) is 0 Å². The van der Waals surface area contributed by atoms with E-state index in [0.29, 0.717) is 23.5 Å². The van der Waals surface area contributed by atoms with Gasteiger partial charge in [0.25, 0.3) is 0 Å². The highest BCUT2D eigenvalue weighted by molar-refractivity contribution is 5.85. The molecule has 1 saturated heterocycles.